The van der Waals surface area contributed by atoms with E-state index in [2.05, 4.69) is 23.8 Å². The summed E-state index contributed by atoms with van der Waals surface area (Å²) in [6.45, 7) is 6.24. The fraction of sp³-hybridized carbons (Fsp3) is 0.714. The second-order valence-electron chi connectivity index (χ2n) is 5.49. The summed E-state index contributed by atoms with van der Waals surface area (Å²) in [5.74, 6) is 1.72. The maximum absolute atomic E-state index is 6.10. The first-order chi connectivity index (χ1) is 8.50. The van der Waals surface area contributed by atoms with Crippen LogP contribution in [0.15, 0.2) is 0 Å². The number of ether oxygens (including phenoxy) is 1. The van der Waals surface area contributed by atoms with Crippen LogP contribution in [0, 0.1) is 6.92 Å². The SMILES string of the molecule is COC1(c2nc(C)c(C(C)C)c(N)n2)CCCC1. The number of nitrogens with two attached hydrogens (primary N) is 1. The number of rotatable bonds is 3. The van der Waals surface area contributed by atoms with E-state index in [-0.39, 0.29) is 5.60 Å². The molecule has 2 rings (SSSR count). The molecule has 1 saturated carbocycles. The average Bonchev–Trinajstić information content (AvgIpc) is 2.77. The number of anilines is 1. The van der Waals surface area contributed by atoms with E-state index in [0.29, 0.717) is 11.7 Å². The van der Waals surface area contributed by atoms with Crippen molar-refractivity contribution in [1.29, 1.82) is 0 Å². The molecule has 1 aromatic rings. The number of aromatic nitrogens is 2. The van der Waals surface area contributed by atoms with Crippen LogP contribution in [0.2, 0.25) is 0 Å². The largest absolute Gasteiger partial charge is 0.383 e. The number of hydrogen-bond acceptors (Lipinski definition) is 4. The van der Waals surface area contributed by atoms with Crippen LogP contribution in [0.1, 0.15) is 62.5 Å². The van der Waals surface area contributed by atoms with E-state index in [1.54, 1.807) is 7.11 Å². The molecule has 4 nitrogen and oxygen atoms in total. The lowest BCUT2D eigenvalue weighted by Crippen LogP contribution is -2.28. The molecular weight excluding hydrogens is 226 g/mol. The Bertz CT molecular complexity index is 414. The highest BCUT2D eigenvalue weighted by Gasteiger charge is 2.39. The molecule has 0 radical (unpaired) electrons. The summed E-state index contributed by atoms with van der Waals surface area (Å²) in [7, 11) is 1.75. The fourth-order valence-electron chi connectivity index (χ4n) is 2.99. The molecule has 1 aromatic heterocycles. The quantitative estimate of drug-likeness (QED) is 0.894. The van der Waals surface area contributed by atoms with Crippen molar-refractivity contribution in [1.82, 2.24) is 9.97 Å². The second-order valence-corrected chi connectivity index (χ2v) is 5.49. The van der Waals surface area contributed by atoms with Crippen LogP contribution in [0.5, 0.6) is 0 Å². The Labute approximate surface area is 109 Å². The van der Waals surface area contributed by atoms with Crippen LogP contribution in [-0.2, 0) is 10.3 Å². The molecule has 4 heteroatoms. The predicted molar refractivity (Wildman–Crippen MR) is 72.4 cm³/mol. The van der Waals surface area contributed by atoms with Crippen LogP contribution in [-0.4, -0.2) is 17.1 Å². The van der Waals surface area contributed by atoms with E-state index in [9.17, 15) is 0 Å². The molecule has 0 amide bonds. The highest BCUT2D eigenvalue weighted by atomic mass is 16.5. The minimum atomic E-state index is -0.311. The number of hydrogen-bond donors (Lipinski definition) is 1. The van der Waals surface area contributed by atoms with Gasteiger partial charge in [0.25, 0.3) is 0 Å². The van der Waals surface area contributed by atoms with Crippen molar-refractivity contribution >= 4 is 5.82 Å². The highest BCUT2D eigenvalue weighted by molar-refractivity contribution is 5.44. The van der Waals surface area contributed by atoms with E-state index in [0.717, 1.165) is 29.9 Å². The normalized spacial score (nSPS) is 18.5. The van der Waals surface area contributed by atoms with Gasteiger partial charge >= 0.3 is 0 Å². The Morgan fingerprint density at radius 2 is 1.83 bits per heavy atom. The molecular formula is C14H23N3O. The van der Waals surface area contributed by atoms with Crippen LogP contribution in [0.4, 0.5) is 5.82 Å². The molecule has 1 fully saturated rings. The van der Waals surface area contributed by atoms with Crippen LogP contribution in [0.3, 0.4) is 0 Å². The molecule has 1 aliphatic rings. The average molecular weight is 249 g/mol. The van der Waals surface area contributed by atoms with Crippen molar-refractivity contribution < 1.29 is 4.74 Å². The Balaban J connectivity index is 2.47. The van der Waals surface area contributed by atoms with Gasteiger partial charge in [0.2, 0.25) is 0 Å². The zero-order valence-electron chi connectivity index (χ0n) is 11.8. The lowest BCUT2D eigenvalue weighted by atomic mass is 9.98. The monoisotopic (exact) mass is 249 g/mol. The number of aryl methyl sites for hydroxylation is 1. The molecule has 1 aliphatic carbocycles. The Hall–Kier alpha value is -1.16. The molecule has 2 N–H and O–H groups in total. The van der Waals surface area contributed by atoms with Crippen molar-refractivity contribution in [2.75, 3.05) is 12.8 Å². The molecule has 0 atom stereocenters. The summed E-state index contributed by atoms with van der Waals surface area (Å²) in [5, 5.41) is 0. The molecule has 18 heavy (non-hydrogen) atoms. The summed E-state index contributed by atoms with van der Waals surface area (Å²) < 4.78 is 5.71. The first kappa shape index (κ1) is 13.3. The Morgan fingerprint density at radius 3 is 2.28 bits per heavy atom. The van der Waals surface area contributed by atoms with Gasteiger partial charge in [0.05, 0.1) is 0 Å². The lowest BCUT2D eigenvalue weighted by Gasteiger charge is -2.27. The first-order valence-electron chi connectivity index (χ1n) is 6.70. The fourth-order valence-corrected chi connectivity index (χ4v) is 2.99. The smallest absolute Gasteiger partial charge is 0.162 e. The van der Waals surface area contributed by atoms with Gasteiger partial charge in [-0.15, -0.1) is 0 Å². The van der Waals surface area contributed by atoms with E-state index in [1.807, 2.05) is 6.92 Å². The van der Waals surface area contributed by atoms with Crippen LogP contribution >= 0.6 is 0 Å². The van der Waals surface area contributed by atoms with Crippen molar-refractivity contribution in [3.05, 3.63) is 17.1 Å². The summed E-state index contributed by atoms with van der Waals surface area (Å²) in [4.78, 5) is 9.19. The maximum Gasteiger partial charge on any atom is 0.162 e. The van der Waals surface area contributed by atoms with Gasteiger partial charge in [-0.2, -0.15) is 0 Å². The highest BCUT2D eigenvalue weighted by Crippen LogP contribution is 2.40. The molecule has 0 aromatic carbocycles. The topological polar surface area (TPSA) is 61.0 Å². The molecule has 100 valence electrons. The van der Waals surface area contributed by atoms with Gasteiger partial charge in [-0.25, -0.2) is 9.97 Å². The molecule has 0 bridgehead atoms. The number of methoxy groups -OCH3 is 1. The third kappa shape index (κ3) is 2.09. The minimum absolute atomic E-state index is 0.311. The summed E-state index contributed by atoms with van der Waals surface area (Å²) >= 11 is 0. The van der Waals surface area contributed by atoms with E-state index < -0.39 is 0 Å². The van der Waals surface area contributed by atoms with Gasteiger partial charge in [-0.3, -0.25) is 0 Å². The van der Waals surface area contributed by atoms with E-state index in [4.69, 9.17) is 10.5 Å². The Morgan fingerprint density at radius 1 is 1.22 bits per heavy atom. The Kier molecular flexibility index (Phi) is 3.57. The minimum Gasteiger partial charge on any atom is -0.383 e. The zero-order valence-corrected chi connectivity index (χ0v) is 11.8. The molecule has 1 heterocycles. The van der Waals surface area contributed by atoms with Gasteiger partial charge in [0.1, 0.15) is 11.4 Å². The van der Waals surface area contributed by atoms with Gasteiger partial charge in [-0.1, -0.05) is 13.8 Å². The van der Waals surface area contributed by atoms with Gasteiger partial charge in [-0.05, 0) is 38.5 Å². The van der Waals surface area contributed by atoms with Gasteiger partial charge in [0, 0.05) is 18.4 Å². The molecule has 0 saturated heterocycles. The van der Waals surface area contributed by atoms with Gasteiger partial charge < -0.3 is 10.5 Å². The van der Waals surface area contributed by atoms with Crippen molar-refractivity contribution in [2.24, 2.45) is 0 Å². The summed E-state index contributed by atoms with van der Waals surface area (Å²) in [5.41, 5.74) is 7.83. The summed E-state index contributed by atoms with van der Waals surface area (Å²) in [6.07, 6.45) is 4.32. The first-order valence-corrected chi connectivity index (χ1v) is 6.70. The molecule has 0 aliphatic heterocycles. The third-order valence-corrected chi connectivity index (χ3v) is 3.95. The second kappa shape index (κ2) is 4.84. The van der Waals surface area contributed by atoms with Gasteiger partial charge in [0.15, 0.2) is 5.82 Å². The van der Waals surface area contributed by atoms with Crippen molar-refractivity contribution in [3.63, 3.8) is 0 Å². The van der Waals surface area contributed by atoms with Crippen LogP contribution in [0.25, 0.3) is 0 Å². The van der Waals surface area contributed by atoms with E-state index in [1.165, 1.54) is 12.8 Å². The third-order valence-electron chi connectivity index (χ3n) is 3.95. The zero-order chi connectivity index (χ0) is 13.3. The predicted octanol–water partition coefficient (Wildman–Crippen LogP) is 2.91. The lowest BCUT2D eigenvalue weighted by molar-refractivity contribution is -0.0163. The standard InChI is InChI=1S/C14H23N3O/c1-9(2)11-10(3)16-13(17-12(11)15)14(18-4)7-5-6-8-14/h9H,5-8H2,1-4H3,(H2,15,16,17). The van der Waals surface area contributed by atoms with Crippen molar-refractivity contribution in [2.45, 2.75) is 58.0 Å². The number of nitrogen functional groups attached to an aromatic ring is 1. The molecule has 0 spiro atoms. The van der Waals surface area contributed by atoms with E-state index >= 15 is 0 Å². The number of nitrogens with zero attached hydrogens (tertiary/aromatic N) is 2. The summed E-state index contributed by atoms with van der Waals surface area (Å²) in [6, 6.07) is 0. The van der Waals surface area contributed by atoms with Crippen LogP contribution < -0.4 is 5.73 Å². The molecule has 0 unspecified atom stereocenters. The maximum atomic E-state index is 6.10. The van der Waals surface area contributed by atoms with Crippen molar-refractivity contribution in [3.8, 4) is 0 Å².